The van der Waals surface area contributed by atoms with Crippen LogP contribution < -0.4 is 0 Å². The molecule has 0 aliphatic heterocycles. The first-order valence-corrected chi connectivity index (χ1v) is 5.74. The van der Waals surface area contributed by atoms with Crippen LogP contribution in [0.3, 0.4) is 0 Å². The molecule has 0 aromatic carbocycles. The fourth-order valence-electron chi connectivity index (χ4n) is 0.901. The Morgan fingerprint density at radius 3 is 2.50 bits per heavy atom. The summed E-state index contributed by atoms with van der Waals surface area (Å²) in [6.45, 7) is 4.12. The highest BCUT2D eigenvalue weighted by atomic mass is 35.7. The van der Waals surface area contributed by atoms with E-state index in [-0.39, 0.29) is 4.90 Å². The molecular formula is C6H9ClN2O2S. The average Bonchev–Trinajstić information content (AvgIpc) is 2.29. The van der Waals surface area contributed by atoms with Gasteiger partial charge in [0.25, 0.3) is 9.05 Å². The van der Waals surface area contributed by atoms with Gasteiger partial charge < -0.3 is 0 Å². The Morgan fingerprint density at radius 1 is 1.67 bits per heavy atom. The van der Waals surface area contributed by atoms with Crippen LogP contribution in [0.25, 0.3) is 0 Å². The maximum Gasteiger partial charge on any atom is 0.264 e. The Morgan fingerprint density at radius 2 is 2.25 bits per heavy atom. The monoisotopic (exact) mass is 208 g/mol. The zero-order chi connectivity index (χ0) is 9.35. The number of hydrogen-bond donors (Lipinski definition) is 0. The van der Waals surface area contributed by atoms with Gasteiger partial charge in [-0.2, -0.15) is 5.10 Å². The highest BCUT2D eigenvalue weighted by Gasteiger charge is 2.16. The Kier molecular flexibility index (Phi) is 2.44. The minimum absolute atomic E-state index is 0.0889. The molecule has 0 saturated heterocycles. The Bertz CT molecular complexity index is 382. The average molecular weight is 209 g/mol. The van der Waals surface area contributed by atoms with Gasteiger partial charge in [-0.1, -0.05) is 0 Å². The van der Waals surface area contributed by atoms with Crippen molar-refractivity contribution >= 4 is 19.7 Å². The van der Waals surface area contributed by atoms with Gasteiger partial charge in [0, 0.05) is 23.4 Å². The molecule has 0 fully saturated rings. The second kappa shape index (κ2) is 3.06. The molecule has 0 radical (unpaired) electrons. The summed E-state index contributed by atoms with van der Waals surface area (Å²) in [5, 5.41) is 3.95. The van der Waals surface area contributed by atoms with E-state index in [1.165, 1.54) is 10.9 Å². The molecule has 1 heterocycles. The van der Waals surface area contributed by atoms with Crippen molar-refractivity contribution in [2.75, 3.05) is 0 Å². The largest absolute Gasteiger partial charge is 0.271 e. The van der Waals surface area contributed by atoms with Gasteiger partial charge in [0.2, 0.25) is 0 Å². The lowest BCUT2D eigenvalue weighted by atomic mass is 10.5. The molecule has 1 aromatic heterocycles. The van der Waals surface area contributed by atoms with Gasteiger partial charge in [-0.25, -0.2) is 8.42 Å². The Labute approximate surface area is 75.6 Å². The number of aromatic nitrogens is 2. The summed E-state index contributed by atoms with van der Waals surface area (Å²) >= 11 is 0. The molecule has 0 atom stereocenters. The quantitative estimate of drug-likeness (QED) is 0.685. The van der Waals surface area contributed by atoms with Crippen LogP contribution in [0.1, 0.15) is 12.6 Å². The van der Waals surface area contributed by atoms with Crippen LogP contribution in [-0.2, 0) is 15.6 Å². The first-order chi connectivity index (χ1) is 5.45. The van der Waals surface area contributed by atoms with E-state index in [1.807, 2.05) is 6.92 Å². The molecule has 6 heteroatoms. The van der Waals surface area contributed by atoms with Gasteiger partial charge in [-0.3, -0.25) is 4.68 Å². The Balaban J connectivity index is 3.27. The SMILES string of the molecule is CCn1cc(S(=O)(=O)Cl)c(C)n1. The van der Waals surface area contributed by atoms with Crippen LogP contribution in [0.2, 0.25) is 0 Å². The molecule has 0 bridgehead atoms. The fraction of sp³-hybridized carbons (Fsp3) is 0.500. The molecule has 12 heavy (non-hydrogen) atoms. The number of aryl methyl sites for hydroxylation is 2. The second-order valence-corrected chi connectivity index (χ2v) is 4.91. The molecule has 0 aliphatic rings. The van der Waals surface area contributed by atoms with Crippen LogP contribution in [0, 0.1) is 6.92 Å². The number of nitrogens with zero attached hydrogens (tertiary/aromatic N) is 2. The minimum atomic E-state index is -3.63. The third-order valence-electron chi connectivity index (χ3n) is 1.49. The van der Waals surface area contributed by atoms with E-state index in [0.29, 0.717) is 12.2 Å². The molecule has 0 N–H and O–H groups in total. The molecule has 1 rings (SSSR count). The number of halogens is 1. The maximum absolute atomic E-state index is 10.9. The first-order valence-electron chi connectivity index (χ1n) is 3.44. The number of hydrogen-bond acceptors (Lipinski definition) is 3. The predicted octanol–water partition coefficient (Wildman–Crippen LogP) is 1.14. The molecule has 0 aliphatic carbocycles. The molecule has 68 valence electrons. The van der Waals surface area contributed by atoms with Crippen LogP contribution in [0.4, 0.5) is 0 Å². The van der Waals surface area contributed by atoms with Gasteiger partial charge in [0.15, 0.2) is 0 Å². The predicted molar refractivity (Wildman–Crippen MR) is 45.7 cm³/mol. The van der Waals surface area contributed by atoms with Crippen molar-refractivity contribution < 1.29 is 8.42 Å². The van der Waals surface area contributed by atoms with Crippen LogP contribution in [-0.4, -0.2) is 18.2 Å². The second-order valence-electron chi connectivity index (χ2n) is 2.37. The van der Waals surface area contributed by atoms with Crippen LogP contribution in [0.5, 0.6) is 0 Å². The number of rotatable bonds is 2. The van der Waals surface area contributed by atoms with Crippen molar-refractivity contribution in [3.63, 3.8) is 0 Å². The molecule has 0 spiro atoms. The summed E-state index contributed by atoms with van der Waals surface area (Å²) in [4.78, 5) is 0.0889. The first kappa shape index (κ1) is 9.54. The van der Waals surface area contributed by atoms with Crippen molar-refractivity contribution in [1.29, 1.82) is 0 Å². The summed E-state index contributed by atoms with van der Waals surface area (Å²) in [7, 11) is 1.52. The zero-order valence-electron chi connectivity index (χ0n) is 6.78. The van der Waals surface area contributed by atoms with Crippen molar-refractivity contribution in [1.82, 2.24) is 9.78 Å². The van der Waals surface area contributed by atoms with E-state index in [1.54, 1.807) is 6.92 Å². The maximum atomic E-state index is 10.9. The Hall–Kier alpha value is -0.550. The summed E-state index contributed by atoms with van der Waals surface area (Å²) in [6.07, 6.45) is 1.43. The van der Waals surface area contributed by atoms with Crippen molar-refractivity contribution in [3.8, 4) is 0 Å². The van der Waals surface area contributed by atoms with E-state index >= 15 is 0 Å². The van der Waals surface area contributed by atoms with Gasteiger partial charge >= 0.3 is 0 Å². The molecular weight excluding hydrogens is 200 g/mol. The minimum Gasteiger partial charge on any atom is -0.271 e. The topological polar surface area (TPSA) is 52.0 Å². The van der Waals surface area contributed by atoms with Crippen molar-refractivity contribution in [3.05, 3.63) is 11.9 Å². The van der Waals surface area contributed by atoms with Gasteiger partial charge in [0.05, 0.1) is 5.69 Å². The third-order valence-corrected chi connectivity index (χ3v) is 2.91. The zero-order valence-corrected chi connectivity index (χ0v) is 8.35. The van der Waals surface area contributed by atoms with E-state index in [0.717, 1.165) is 0 Å². The highest BCUT2D eigenvalue weighted by Crippen LogP contribution is 2.17. The van der Waals surface area contributed by atoms with Crippen molar-refractivity contribution in [2.45, 2.75) is 25.3 Å². The summed E-state index contributed by atoms with van der Waals surface area (Å²) in [5.74, 6) is 0. The fourth-order valence-corrected chi connectivity index (χ4v) is 2.00. The van der Waals surface area contributed by atoms with E-state index in [4.69, 9.17) is 10.7 Å². The summed E-state index contributed by atoms with van der Waals surface area (Å²) < 4.78 is 23.3. The third kappa shape index (κ3) is 1.78. The van der Waals surface area contributed by atoms with Crippen LogP contribution >= 0.6 is 10.7 Å². The molecule has 0 saturated carbocycles. The van der Waals surface area contributed by atoms with E-state index in [9.17, 15) is 8.42 Å². The lowest BCUT2D eigenvalue weighted by molar-refractivity contribution is 0.608. The highest BCUT2D eigenvalue weighted by molar-refractivity contribution is 8.13. The van der Waals surface area contributed by atoms with Gasteiger partial charge in [-0.15, -0.1) is 0 Å². The summed E-state index contributed by atoms with van der Waals surface area (Å²) in [6, 6.07) is 0. The van der Waals surface area contributed by atoms with Crippen LogP contribution in [0.15, 0.2) is 11.1 Å². The molecule has 4 nitrogen and oxygen atoms in total. The molecule has 1 aromatic rings. The van der Waals surface area contributed by atoms with E-state index < -0.39 is 9.05 Å². The smallest absolute Gasteiger partial charge is 0.264 e. The van der Waals surface area contributed by atoms with E-state index in [2.05, 4.69) is 5.10 Å². The lowest BCUT2D eigenvalue weighted by Gasteiger charge is -1.89. The normalized spacial score (nSPS) is 11.9. The lowest BCUT2D eigenvalue weighted by Crippen LogP contribution is -1.93. The molecule has 0 unspecified atom stereocenters. The van der Waals surface area contributed by atoms with Crippen molar-refractivity contribution in [2.24, 2.45) is 0 Å². The standard InChI is InChI=1S/C6H9ClN2O2S/c1-3-9-4-6(5(2)8-9)12(7,10)11/h4H,3H2,1-2H3. The van der Waals surface area contributed by atoms with Gasteiger partial charge in [-0.05, 0) is 13.8 Å². The molecule has 0 amide bonds. The van der Waals surface area contributed by atoms with Gasteiger partial charge in [0.1, 0.15) is 4.90 Å². The summed E-state index contributed by atoms with van der Waals surface area (Å²) in [5.41, 5.74) is 0.437.